The molecule has 0 radical (unpaired) electrons. The van der Waals surface area contributed by atoms with Crippen molar-refractivity contribution < 1.29 is 4.79 Å². The van der Waals surface area contributed by atoms with Crippen LogP contribution in [-0.4, -0.2) is 20.8 Å². The molecule has 0 fully saturated rings. The van der Waals surface area contributed by atoms with Gasteiger partial charge in [-0.15, -0.1) is 5.10 Å². The van der Waals surface area contributed by atoms with Gasteiger partial charge in [0.15, 0.2) is 5.78 Å². The summed E-state index contributed by atoms with van der Waals surface area (Å²) < 4.78 is 1.58. The summed E-state index contributed by atoms with van der Waals surface area (Å²) in [7, 11) is 0. The van der Waals surface area contributed by atoms with Gasteiger partial charge in [-0.2, -0.15) is 0 Å². The van der Waals surface area contributed by atoms with E-state index in [1.54, 1.807) is 10.9 Å². The van der Waals surface area contributed by atoms with Crippen LogP contribution in [0.1, 0.15) is 17.4 Å². The van der Waals surface area contributed by atoms with Gasteiger partial charge in [0.1, 0.15) is 5.69 Å². The van der Waals surface area contributed by atoms with E-state index in [0.29, 0.717) is 5.69 Å². The molecule has 0 aliphatic heterocycles. The minimum absolute atomic E-state index is 0.0767. The summed E-state index contributed by atoms with van der Waals surface area (Å²) >= 11 is 0. The normalized spacial score (nSPS) is 10.1. The second-order valence-corrected chi connectivity index (χ2v) is 2.94. The lowest BCUT2D eigenvalue weighted by atomic mass is 10.3. The Morgan fingerprint density at radius 3 is 2.57 bits per heavy atom. The fourth-order valence-corrected chi connectivity index (χ4v) is 1.13. The van der Waals surface area contributed by atoms with E-state index in [2.05, 4.69) is 10.3 Å². The van der Waals surface area contributed by atoms with E-state index >= 15 is 0 Å². The van der Waals surface area contributed by atoms with Crippen molar-refractivity contribution >= 4 is 5.78 Å². The second kappa shape index (κ2) is 3.41. The minimum Gasteiger partial charge on any atom is -0.293 e. The molecule has 70 valence electrons. The number of carbonyl (C=O) groups is 1. The molecule has 4 heteroatoms. The number of Topliss-reactive ketones (excluding diaryl/α,β-unsaturated/α-hetero) is 1. The van der Waals surface area contributed by atoms with E-state index in [4.69, 9.17) is 0 Å². The van der Waals surface area contributed by atoms with Crippen molar-refractivity contribution in [3.05, 3.63) is 42.2 Å². The molecule has 1 heterocycles. The largest absolute Gasteiger partial charge is 0.293 e. The summed E-state index contributed by atoms with van der Waals surface area (Å²) in [6.45, 7) is 1.47. The van der Waals surface area contributed by atoms with Crippen LogP contribution in [-0.2, 0) is 0 Å². The van der Waals surface area contributed by atoms with Crippen molar-refractivity contribution in [3.8, 4) is 5.69 Å². The average Bonchev–Trinajstić information content (AvgIpc) is 2.68. The number of carbonyl (C=O) groups excluding carboxylic acids is 1. The van der Waals surface area contributed by atoms with E-state index in [1.165, 1.54) is 6.92 Å². The first-order chi connectivity index (χ1) is 6.77. The molecule has 0 amide bonds. The Morgan fingerprint density at radius 2 is 2.00 bits per heavy atom. The smallest absolute Gasteiger partial charge is 0.181 e. The molecule has 0 saturated carbocycles. The molecule has 0 aliphatic carbocycles. The van der Waals surface area contributed by atoms with Crippen LogP contribution in [0.15, 0.2) is 36.5 Å². The summed E-state index contributed by atoms with van der Waals surface area (Å²) in [6, 6.07) is 9.54. The topological polar surface area (TPSA) is 47.8 Å². The number of hydrogen-bond acceptors (Lipinski definition) is 3. The highest BCUT2D eigenvalue weighted by Gasteiger charge is 2.05. The average molecular weight is 187 g/mol. The zero-order valence-electron chi connectivity index (χ0n) is 7.71. The Hall–Kier alpha value is -1.97. The Morgan fingerprint density at radius 1 is 1.29 bits per heavy atom. The summed E-state index contributed by atoms with van der Waals surface area (Å²) in [5.74, 6) is -0.0767. The van der Waals surface area contributed by atoms with Crippen LogP contribution in [0.3, 0.4) is 0 Å². The Balaban J connectivity index is 2.39. The predicted octanol–water partition coefficient (Wildman–Crippen LogP) is 1.47. The van der Waals surface area contributed by atoms with Crippen LogP contribution in [0.2, 0.25) is 0 Å². The third kappa shape index (κ3) is 1.54. The maximum absolute atomic E-state index is 11.0. The highest BCUT2D eigenvalue weighted by Crippen LogP contribution is 2.05. The standard InChI is InChI=1S/C10H9N3O/c1-8(14)10-7-13(12-11-10)9-5-3-2-4-6-9/h2-7H,1H3. The number of rotatable bonds is 2. The van der Waals surface area contributed by atoms with Gasteiger partial charge < -0.3 is 0 Å². The van der Waals surface area contributed by atoms with Gasteiger partial charge in [-0.1, -0.05) is 23.4 Å². The predicted molar refractivity (Wildman–Crippen MR) is 51.4 cm³/mol. The van der Waals surface area contributed by atoms with Crippen molar-refractivity contribution in [2.24, 2.45) is 0 Å². The molecule has 0 unspecified atom stereocenters. The molecule has 0 saturated heterocycles. The summed E-state index contributed by atoms with van der Waals surface area (Å²) in [5.41, 5.74) is 1.28. The van der Waals surface area contributed by atoms with Gasteiger partial charge >= 0.3 is 0 Å². The van der Waals surface area contributed by atoms with Gasteiger partial charge in [0.05, 0.1) is 11.9 Å². The monoisotopic (exact) mass is 187 g/mol. The van der Waals surface area contributed by atoms with Crippen LogP contribution in [0.4, 0.5) is 0 Å². The molecule has 14 heavy (non-hydrogen) atoms. The molecular weight excluding hydrogens is 178 g/mol. The highest BCUT2D eigenvalue weighted by molar-refractivity contribution is 5.91. The maximum Gasteiger partial charge on any atom is 0.181 e. The number of nitrogens with zero attached hydrogens (tertiary/aromatic N) is 3. The van der Waals surface area contributed by atoms with Crippen LogP contribution in [0.25, 0.3) is 5.69 Å². The zero-order chi connectivity index (χ0) is 9.97. The van der Waals surface area contributed by atoms with E-state index in [-0.39, 0.29) is 5.78 Å². The van der Waals surface area contributed by atoms with E-state index in [9.17, 15) is 4.79 Å². The Labute approximate surface area is 81.2 Å². The first-order valence-electron chi connectivity index (χ1n) is 4.26. The number of benzene rings is 1. The van der Waals surface area contributed by atoms with Crippen molar-refractivity contribution in [1.82, 2.24) is 15.0 Å². The summed E-state index contributed by atoms with van der Waals surface area (Å²) in [5, 5.41) is 7.61. The number of para-hydroxylation sites is 1. The number of ketones is 1. The molecule has 2 rings (SSSR count). The molecule has 0 bridgehead atoms. The van der Waals surface area contributed by atoms with Crippen LogP contribution >= 0.6 is 0 Å². The van der Waals surface area contributed by atoms with Gasteiger partial charge in [-0.05, 0) is 12.1 Å². The molecule has 4 nitrogen and oxygen atoms in total. The lowest BCUT2D eigenvalue weighted by Crippen LogP contribution is -1.93. The Bertz CT molecular complexity index is 447. The van der Waals surface area contributed by atoms with Crippen LogP contribution < -0.4 is 0 Å². The van der Waals surface area contributed by atoms with Gasteiger partial charge in [0.25, 0.3) is 0 Å². The lowest BCUT2D eigenvalue weighted by Gasteiger charge is -1.96. The van der Waals surface area contributed by atoms with E-state index in [1.807, 2.05) is 30.3 Å². The molecule has 0 N–H and O–H groups in total. The minimum atomic E-state index is -0.0767. The quantitative estimate of drug-likeness (QED) is 0.669. The fourth-order valence-electron chi connectivity index (χ4n) is 1.13. The third-order valence-corrected chi connectivity index (χ3v) is 1.87. The maximum atomic E-state index is 11.0. The molecular formula is C10H9N3O. The molecule has 0 spiro atoms. The first kappa shape index (κ1) is 8.62. The molecule has 0 aliphatic rings. The van der Waals surface area contributed by atoms with Crippen molar-refractivity contribution in [3.63, 3.8) is 0 Å². The van der Waals surface area contributed by atoms with Gasteiger partial charge in [0.2, 0.25) is 0 Å². The highest BCUT2D eigenvalue weighted by atomic mass is 16.1. The fraction of sp³-hybridized carbons (Fsp3) is 0.100. The third-order valence-electron chi connectivity index (χ3n) is 1.87. The van der Waals surface area contributed by atoms with E-state index < -0.39 is 0 Å². The molecule has 0 atom stereocenters. The van der Waals surface area contributed by atoms with Gasteiger partial charge in [-0.3, -0.25) is 4.79 Å². The van der Waals surface area contributed by atoms with Gasteiger partial charge in [0, 0.05) is 6.92 Å². The van der Waals surface area contributed by atoms with Crippen LogP contribution in [0.5, 0.6) is 0 Å². The SMILES string of the molecule is CC(=O)c1cn(-c2ccccc2)nn1. The summed E-state index contributed by atoms with van der Waals surface area (Å²) in [4.78, 5) is 11.0. The van der Waals surface area contributed by atoms with E-state index in [0.717, 1.165) is 5.69 Å². The van der Waals surface area contributed by atoms with Crippen LogP contribution in [0, 0.1) is 0 Å². The van der Waals surface area contributed by atoms with Crippen molar-refractivity contribution in [2.45, 2.75) is 6.92 Å². The van der Waals surface area contributed by atoms with Gasteiger partial charge in [-0.25, -0.2) is 4.68 Å². The van der Waals surface area contributed by atoms with Crippen molar-refractivity contribution in [1.29, 1.82) is 0 Å². The first-order valence-corrected chi connectivity index (χ1v) is 4.26. The number of hydrogen-bond donors (Lipinski definition) is 0. The number of aromatic nitrogens is 3. The van der Waals surface area contributed by atoms with Crippen molar-refractivity contribution in [2.75, 3.05) is 0 Å². The lowest BCUT2D eigenvalue weighted by molar-refractivity contribution is 0.101. The molecule has 2 aromatic rings. The molecule has 1 aromatic carbocycles. The summed E-state index contributed by atoms with van der Waals surface area (Å²) in [6.07, 6.45) is 1.62. The Kier molecular flexibility index (Phi) is 2.10. The molecule has 1 aromatic heterocycles. The zero-order valence-corrected chi connectivity index (χ0v) is 7.71. The second-order valence-electron chi connectivity index (χ2n) is 2.94.